The van der Waals surface area contributed by atoms with Crippen LogP contribution in [-0.2, 0) is 6.54 Å². The van der Waals surface area contributed by atoms with Crippen LogP contribution in [-0.4, -0.2) is 47.5 Å². The number of nitrogens with zero attached hydrogens (tertiary/aromatic N) is 2. The van der Waals surface area contributed by atoms with Gasteiger partial charge in [0, 0.05) is 39.3 Å². The highest BCUT2D eigenvalue weighted by atomic mass is 32.1. The van der Waals surface area contributed by atoms with Crippen LogP contribution >= 0.6 is 12.2 Å². The number of thiocarbonyl (C=S) groups is 1. The Kier molecular flexibility index (Phi) is 4.85. The monoisotopic (exact) mass is 281 g/mol. The Morgan fingerprint density at radius 1 is 1.26 bits per heavy atom. The van der Waals surface area contributed by atoms with Gasteiger partial charge in [-0.15, -0.1) is 0 Å². The number of nitrogens with two attached hydrogens (primary N) is 1. The Hall–Kier alpha value is -1.04. The second-order valence-corrected chi connectivity index (χ2v) is 5.61. The van der Waals surface area contributed by atoms with E-state index >= 15 is 0 Å². The number of aryl methyl sites for hydroxylation is 1. The lowest BCUT2D eigenvalue weighted by Crippen LogP contribution is -2.48. The number of hydrogen-bond donors (Lipinski definition) is 1. The summed E-state index contributed by atoms with van der Waals surface area (Å²) in [6.45, 7) is 7.52. The Morgan fingerprint density at radius 3 is 2.47 bits per heavy atom. The van der Waals surface area contributed by atoms with Crippen LogP contribution < -0.4 is 5.73 Å². The topological polar surface area (TPSA) is 32.5 Å². The molecule has 0 aromatic heterocycles. The number of piperazine rings is 1. The second-order valence-electron chi connectivity index (χ2n) is 5.09. The van der Waals surface area contributed by atoms with Crippen LogP contribution in [0.1, 0.15) is 11.1 Å². The fourth-order valence-electron chi connectivity index (χ4n) is 2.40. The van der Waals surface area contributed by atoms with Gasteiger partial charge >= 0.3 is 0 Å². The molecule has 0 aliphatic carbocycles. The van der Waals surface area contributed by atoms with Gasteiger partial charge in [-0.25, -0.2) is 4.39 Å². The van der Waals surface area contributed by atoms with Gasteiger partial charge in [0.05, 0.1) is 4.99 Å². The van der Waals surface area contributed by atoms with Crippen LogP contribution in [0.2, 0.25) is 0 Å². The Morgan fingerprint density at radius 2 is 1.89 bits per heavy atom. The summed E-state index contributed by atoms with van der Waals surface area (Å²) >= 11 is 4.93. The average Bonchev–Trinajstić information content (AvgIpc) is 2.34. The maximum absolute atomic E-state index is 13.1. The third-order valence-corrected chi connectivity index (χ3v) is 3.67. The van der Waals surface area contributed by atoms with Crippen LogP contribution in [0.25, 0.3) is 0 Å². The zero-order valence-electron chi connectivity index (χ0n) is 11.2. The molecule has 2 rings (SSSR count). The van der Waals surface area contributed by atoms with Gasteiger partial charge in [-0.3, -0.25) is 9.80 Å². The Bertz CT molecular complexity index is 456. The SMILES string of the molecule is Cc1cc(F)ccc1CN1CCN(CC(N)=S)CC1. The van der Waals surface area contributed by atoms with Crippen molar-refractivity contribution in [1.29, 1.82) is 0 Å². The average molecular weight is 281 g/mol. The quantitative estimate of drug-likeness (QED) is 0.849. The molecule has 1 saturated heterocycles. The molecule has 0 spiro atoms. The van der Waals surface area contributed by atoms with E-state index in [1.807, 2.05) is 13.0 Å². The normalized spacial score (nSPS) is 17.6. The first-order chi connectivity index (χ1) is 9.04. The minimum atomic E-state index is -0.164. The van der Waals surface area contributed by atoms with E-state index in [0.29, 0.717) is 11.5 Å². The molecule has 1 fully saturated rings. The van der Waals surface area contributed by atoms with Gasteiger partial charge in [0.25, 0.3) is 0 Å². The van der Waals surface area contributed by atoms with Crippen molar-refractivity contribution in [3.05, 3.63) is 35.1 Å². The van der Waals surface area contributed by atoms with Gasteiger partial charge in [-0.05, 0) is 30.2 Å². The van der Waals surface area contributed by atoms with Crippen molar-refractivity contribution in [3.63, 3.8) is 0 Å². The summed E-state index contributed by atoms with van der Waals surface area (Å²) in [6, 6.07) is 5.01. The molecule has 5 heteroatoms. The first-order valence-electron chi connectivity index (χ1n) is 6.52. The largest absolute Gasteiger partial charge is 0.392 e. The van der Waals surface area contributed by atoms with Crippen molar-refractivity contribution in [1.82, 2.24) is 9.80 Å². The molecule has 0 unspecified atom stereocenters. The van der Waals surface area contributed by atoms with Gasteiger partial charge in [0.2, 0.25) is 0 Å². The molecular weight excluding hydrogens is 261 g/mol. The fraction of sp³-hybridized carbons (Fsp3) is 0.500. The summed E-state index contributed by atoms with van der Waals surface area (Å²) in [5.74, 6) is -0.164. The number of hydrogen-bond acceptors (Lipinski definition) is 3. The molecule has 2 N–H and O–H groups in total. The van der Waals surface area contributed by atoms with Crippen molar-refractivity contribution < 1.29 is 4.39 Å². The highest BCUT2D eigenvalue weighted by molar-refractivity contribution is 7.80. The number of benzene rings is 1. The lowest BCUT2D eigenvalue weighted by molar-refractivity contribution is 0.140. The lowest BCUT2D eigenvalue weighted by atomic mass is 10.1. The third-order valence-electron chi connectivity index (χ3n) is 3.54. The van der Waals surface area contributed by atoms with Crippen molar-refractivity contribution in [2.24, 2.45) is 5.73 Å². The number of rotatable bonds is 4. The predicted octanol–water partition coefficient (Wildman–Crippen LogP) is 1.54. The predicted molar refractivity (Wildman–Crippen MR) is 79.6 cm³/mol. The van der Waals surface area contributed by atoms with Crippen LogP contribution in [0.5, 0.6) is 0 Å². The first kappa shape index (κ1) is 14.4. The lowest BCUT2D eigenvalue weighted by Gasteiger charge is -2.34. The third kappa shape index (κ3) is 4.23. The van der Waals surface area contributed by atoms with Gasteiger partial charge in [0.1, 0.15) is 5.82 Å². The molecule has 1 aliphatic heterocycles. The van der Waals surface area contributed by atoms with Gasteiger partial charge in [-0.1, -0.05) is 18.3 Å². The van der Waals surface area contributed by atoms with E-state index in [-0.39, 0.29) is 5.82 Å². The van der Waals surface area contributed by atoms with Gasteiger partial charge < -0.3 is 5.73 Å². The Balaban J connectivity index is 1.87. The van der Waals surface area contributed by atoms with E-state index in [0.717, 1.165) is 38.3 Å². The minimum absolute atomic E-state index is 0.164. The molecule has 1 heterocycles. The molecule has 0 atom stereocenters. The molecule has 1 aliphatic rings. The van der Waals surface area contributed by atoms with Crippen LogP contribution in [0, 0.1) is 12.7 Å². The molecule has 0 radical (unpaired) electrons. The van der Waals surface area contributed by atoms with Gasteiger partial charge in [-0.2, -0.15) is 0 Å². The van der Waals surface area contributed by atoms with E-state index < -0.39 is 0 Å². The van der Waals surface area contributed by atoms with E-state index in [9.17, 15) is 4.39 Å². The summed E-state index contributed by atoms with van der Waals surface area (Å²) in [4.78, 5) is 5.22. The van der Waals surface area contributed by atoms with Crippen molar-refractivity contribution in [2.45, 2.75) is 13.5 Å². The summed E-state index contributed by atoms with van der Waals surface area (Å²) in [6.07, 6.45) is 0. The fourth-order valence-corrected chi connectivity index (χ4v) is 2.59. The molecular formula is C14H20FN3S. The first-order valence-corrected chi connectivity index (χ1v) is 6.93. The van der Waals surface area contributed by atoms with Gasteiger partial charge in [0.15, 0.2) is 0 Å². The van der Waals surface area contributed by atoms with Crippen molar-refractivity contribution in [2.75, 3.05) is 32.7 Å². The van der Waals surface area contributed by atoms with E-state index in [4.69, 9.17) is 18.0 Å². The van der Waals surface area contributed by atoms with Crippen molar-refractivity contribution >= 4 is 17.2 Å². The van der Waals surface area contributed by atoms with Crippen LogP contribution in [0.15, 0.2) is 18.2 Å². The maximum atomic E-state index is 13.1. The number of halogens is 1. The highest BCUT2D eigenvalue weighted by Crippen LogP contribution is 2.14. The zero-order valence-corrected chi connectivity index (χ0v) is 12.0. The molecule has 0 bridgehead atoms. The molecule has 19 heavy (non-hydrogen) atoms. The minimum Gasteiger partial charge on any atom is -0.392 e. The summed E-state index contributed by atoms with van der Waals surface area (Å²) in [5, 5.41) is 0. The molecule has 3 nitrogen and oxygen atoms in total. The summed E-state index contributed by atoms with van der Waals surface area (Å²) in [7, 11) is 0. The smallest absolute Gasteiger partial charge is 0.123 e. The second kappa shape index (κ2) is 6.41. The summed E-state index contributed by atoms with van der Waals surface area (Å²) in [5.41, 5.74) is 7.77. The van der Waals surface area contributed by atoms with Crippen LogP contribution in [0.4, 0.5) is 4.39 Å². The van der Waals surface area contributed by atoms with Crippen molar-refractivity contribution in [3.8, 4) is 0 Å². The van der Waals surface area contributed by atoms with Crippen LogP contribution in [0.3, 0.4) is 0 Å². The molecule has 0 amide bonds. The maximum Gasteiger partial charge on any atom is 0.123 e. The molecule has 104 valence electrons. The molecule has 1 aromatic rings. The van der Waals surface area contributed by atoms with E-state index in [1.54, 1.807) is 6.07 Å². The summed E-state index contributed by atoms with van der Waals surface area (Å²) < 4.78 is 13.1. The zero-order chi connectivity index (χ0) is 13.8. The molecule has 1 aromatic carbocycles. The van der Waals surface area contributed by atoms with E-state index in [1.165, 1.54) is 11.6 Å². The van der Waals surface area contributed by atoms with E-state index in [2.05, 4.69) is 9.80 Å². The standard InChI is InChI=1S/C14H20FN3S/c1-11-8-13(15)3-2-12(11)9-17-4-6-18(7-5-17)10-14(16)19/h2-3,8H,4-7,9-10H2,1H3,(H2,16,19). The highest BCUT2D eigenvalue weighted by Gasteiger charge is 2.17. The molecule has 0 saturated carbocycles. The Labute approximate surface area is 119 Å².